The Bertz CT molecular complexity index is 393. The number of rotatable bonds is 7. The summed E-state index contributed by atoms with van der Waals surface area (Å²) >= 11 is 0. The van der Waals surface area contributed by atoms with Crippen molar-refractivity contribution in [2.75, 3.05) is 13.2 Å². The molecule has 0 aliphatic rings. The molecule has 0 amide bonds. The molecule has 0 spiro atoms. The van der Waals surface area contributed by atoms with Crippen molar-refractivity contribution in [3.05, 3.63) is 29.8 Å². The Balaban J connectivity index is 2.64. The zero-order valence-electron chi connectivity index (χ0n) is 14.0. The minimum absolute atomic E-state index is 0.293. The minimum Gasteiger partial charge on any atom is -0.493 e. The summed E-state index contributed by atoms with van der Waals surface area (Å²) in [6.45, 7) is 15.2. The molecule has 0 bridgehead atoms. The third-order valence-electron chi connectivity index (χ3n) is 3.28. The summed E-state index contributed by atoms with van der Waals surface area (Å²) in [6, 6.07) is 8.67. The van der Waals surface area contributed by atoms with Crippen molar-refractivity contribution in [3.63, 3.8) is 0 Å². The smallest absolute Gasteiger partial charge is 0.124 e. The molecule has 0 aliphatic carbocycles. The van der Waals surface area contributed by atoms with Gasteiger partial charge in [0.05, 0.1) is 6.61 Å². The summed E-state index contributed by atoms with van der Waals surface area (Å²) < 4.78 is 5.96. The van der Waals surface area contributed by atoms with E-state index in [4.69, 9.17) is 4.74 Å². The Morgan fingerprint density at radius 1 is 1.10 bits per heavy atom. The van der Waals surface area contributed by atoms with Crippen molar-refractivity contribution in [1.29, 1.82) is 0 Å². The average Bonchev–Trinajstić information content (AvgIpc) is 2.35. The zero-order valence-corrected chi connectivity index (χ0v) is 14.0. The largest absolute Gasteiger partial charge is 0.493 e. The van der Waals surface area contributed by atoms with Crippen LogP contribution in [0.3, 0.4) is 0 Å². The average molecular weight is 277 g/mol. The molecule has 114 valence electrons. The Labute approximate surface area is 124 Å². The molecule has 20 heavy (non-hydrogen) atoms. The molecule has 1 N–H and O–H groups in total. The van der Waals surface area contributed by atoms with E-state index >= 15 is 0 Å². The van der Waals surface area contributed by atoms with Gasteiger partial charge in [-0.2, -0.15) is 0 Å². The number of para-hydroxylation sites is 1. The standard InChI is InChI=1S/C18H31NO/c1-14(2)11-12-20-17-10-8-7-9-16(17)15(3)19-13-18(4,5)6/h7-10,14-15,19H,11-13H2,1-6H3. The molecular formula is C18H31NO. The van der Waals surface area contributed by atoms with Crippen LogP contribution in [0.4, 0.5) is 0 Å². The fraction of sp³-hybridized carbons (Fsp3) is 0.667. The second-order valence-electron chi connectivity index (χ2n) is 7.23. The molecule has 2 nitrogen and oxygen atoms in total. The maximum Gasteiger partial charge on any atom is 0.124 e. The number of hydrogen-bond acceptors (Lipinski definition) is 2. The molecule has 0 fully saturated rings. The summed E-state index contributed by atoms with van der Waals surface area (Å²) in [5.74, 6) is 1.70. The monoisotopic (exact) mass is 277 g/mol. The van der Waals surface area contributed by atoms with Gasteiger partial charge in [-0.25, -0.2) is 0 Å². The summed E-state index contributed by atoms with van der Waals surface area (Å²) in [4.78, 5) is 0. The molecule has 0 radical (unpaired) electrons. The van der Waals surface area contributed by atoms with E-state index in [9.17, 15) is 0 Å². The highest BCUT2D eigenvalue weighted by Crippen LogP contribution is 2.26. The third kappa shape index (κ3) is 6.42. The predicted molar refractivity (Wildman–Crippen MR) is 87.3 cm³/mol. The van der Waals surface area contributed by atoms with Gasteiger partial charge < -0.3 is 10.1 Å². The molecular weight excluding hydrogens is 246 g/mol. The van der Waals surface area contributed by atoms with Crippen molar-refractivity contribution < 1.29 is 4.74 Å². The van der Waals surface area contributed by atoms with E-state index in [1.807, 2.05) is 6.07 Å². The summed E-state index contributed by atoms with van der Waals surface area (Å²) in [5.41, 5.74) is 1.54. The van der Waals surface area contributed by atoms with Crippen LogP contribution in [0.1, 0.15) is 59.6 Å². The zero-order chi connectivity index (χ0) is 15.2. The normalized spacial score (nSPS) is 13.6. The number of ether oxygens (including phenoxy) is 1. The van der Waals surface area contributed by atoms with Crippen LogP contribution in [0.15, 0.2) is 24.3 Å². The molecule has 0 aliphatic heterocycles. The van der Waals surface area contributed by atoms with E-state index in [2.05, 4.69) is 65.1 Å². The topological polar surface area (TPSA) is 21.3 Å². The summed E-state index contributed by atoms with van der Waals surface area (Å²) in [5, 5.41) is 3.60. The van der Waals surface area contributed by atoms with Gasteiger partial charge in [-0.05, 0) is 30.7 Å². The molecule has 1 aromatic carbocycles. The number of benzene rings is 1. The first-order chi connectivity index (χ1) is 9.29. The lowest BCUT2D eigenvalue weighted by Crippen LogP contribution is -2.29. The number of hydrogen-bond donors (Lipinski definition) is 1. The van der Waals surface area contributed by atoms with Gasteiger partial charge in [-0.1, -0.05) is 52.8 Å². The van der Waals surface area contributed by atoms with E-state index in [1.165, 1.54) is 5.56 Å². The van der Waals surface area contributed by atoms with Gasteiger partial charge in [0, 0.05) is 18.2 Å². The first-order valence-electron chi connectivity index (χ1n) is 7.74. The van der Waals surface area contributed by atoms with Crippen LogP contribution in [-0.4, -0.2) is 13.2 Å². The lowest BCUT2D eigenvalue weighted by atomic mass is 9.96. The molecule has 1 aromatic rings. The molecule has 0 saturated carbocycles. The first-order valence-corrected chi connectivity index (χ1v) is 7.74. The lowest BCUT2D eigenvalue weighted by molar-refractivity contribution is 0.282. The fourth-order valence-electron chi connectivity index (χ4n) is 1.94. The van der Waals surface area contributed by atoms with Gasteiger partial charge >= 0.3 is 0 Å². The summed E-state index contributed by atoms with van der Waals surface area (Å²) in [7, 11) is 0. The van der Waals surface area contributed by atoms with Gasteiger partial charge in [0.25, 0.3) is 0 Å². The first kappa shape index (κ1) is 17.0. The molecule has 0 aromatic heterocycles. The van der Waals surface area contributed by atoms with Gasteiger partial charge in [-0.3, -0.25) is 0 Å². The van der Waals surface area contributed by atoms with Gasteiger partial charge in [0.2, 0.25) is 0 Å². The highest BCUT2D eigenvalue weighted by molar-refractivity contribution is 5.35. The molecule has 1 unspecified atom stereocenters. The summed E-state index contributed by atoms with van der Waals surface area (Å²) in [6.07, 6.45) is 1.10. The van der Waals surface area contributed by atoms with Crippen LogP contribution in [0.5, 0.6) is 5.75 Å². The van der Waals surface area contributed by atoms with Crippen LogP contribution in [0, 0.1) is 11.3 Å². The minimum atomic E-state index is 0.293. The van der Waals surface area contributed by atoms with Gasteiger partial charge in [-0.15, -0.1) is 0 Å². The molecule has 1 atom stereocenters. The quantitative estimate of drug-likeness (QED) is 0.772. The van der Waals surface area contributed by atoms with Crippen LogP contribution < -0.4 is 10.1 Å². The molecule has 1 rings (SSSR count). The Morgan fingerprint density at radius 2 is 1.75 bits per heavy atom. The van der Waals surface area contributed by atoms with Gasteiger partial charge in [0.15, 0.2) is 0 Å². The molecule has 0 saturated heterocycles. The Kier molecular flexibility index (Phi) is 6.54. The Hall–Kier alpha value is -1.02. The van der Waals surface area contributed by atoms with Crippen LogP contribution in [-0.2, 0) is 0 Å². The fourth-order valence-corrected chi connectivity index (χ4v) is 1.94. The van der Waals surface area contributed by atoms with E-state index in [0.29, 0.717) is 17.4 Å². The highest BCUT2D eigenvalue weighted by atomic mass is 16.5. The molecule has 0 heterocycles. The predicted octanol–water partition coefficient (Wildman–Crippen LogP) is 4.81. The van der Waals surface area contributed by atoms with Crippen molar-refractivity contribution in [3.8, 4) is 5.75 Å². The van der Waals surface area contributed by atoms with E-state index in [-0.39, 0.29) is 0 Å². The third-order valence-corrected chi connectivity index (χ3v) is 3.28. The SMILES string of the molecule is CC(C)CCOc1ccccc1C(C)NCC(C)(C)C. The van der Waals surface area contributed by atoms with Gasteiger partial charge in [0.1, 0.15) is 5.75 Å². The van der Waals surface area contributed by atoms with Crippen molar-refractivity contribution in [2.24, 2.45) is 11.3 Å². The second-order valence-corrected chi connectivity index (χ2v) is 7.23. The van der Waals surface area contributed by atoms with E-state index < -0.39 is 0 Å². The van der Waals surface area contributed by atoms with Crippen LogP contribution in [0.2, 0.25) is 0 Å². The lowest BCUT2D eigenvalue weighted by Gasteiger charge is -2.24. The van der Waals surface area contributed by atoms with Crippen molar-refractivity contribution in [2.45, 2.75) is 54.0 Å². The van der Waals surface area contributed by atoms with Crippen molar-refractivity contribution >= 4 is 0 Å². The highest BCUT2D eigenvalue weighted by Gasteiger charge is 2.15. The second kappa shape index (κ2) is 7.68. The van der Waals surface area contributed by atoms with Crippen LogP contribution >= 0.6 is 0 Å². The maximum absolute atomic E-state index is 5.96. The van der Waals surface area contributed by atoms with E-state index in [1.54, 1.807) is 0 Å². The Morgan fingerprint density at radius 3 is 2.35 bits per heavy atom. The molecule has 2 heteroatoms. The number of nitrogens with one attached hydrogen (secondary N) is 1. The van der Waals surface area contributed by atoms with E-state index in [0.717, 1.165) is 25.3 Å². The van der Waals surface area contributed by atoms with Crippen LogP contribution in [0.25, 0.3) is 0 Å². The van der Waals surface area contributed by atoms with Crippen molar-refractivity contribution in [1.82, 2.24) is 5.32 Å². The maximum atomic E-state index is 5.96.